The summed E-state index contributed by atoms with van der Waals surface area (Å²) < 4.78 is 0. The second-order valence-corrected chi connectivity index (χ2v) is 13.6. The number of carboxylic acids is 1. The first-order valence-electron chi connectivity index (χ1n) is 13.6. The average Bonchev–Trinajstić information content (AvgIpc) is 3.02. The van der Waals surface area contributed by atoms with E-state index in [1.165, 1.54) is 32.1 Å². The Kier molecular flexibility index (Phi) is 6.25. The third-order valence-corrected chi connectivity index (χ3v) is 12.0. The van der Waals surface area contributed by atoms with Crippen molar-refractivity contribution < 1.29 is 15.0 Å². The number of rotatable bonds is 5. The third-order valence-electron chi connectivity index (χ3n) is 12.0. The number of aliphatic carboxylic acids is 1. The maximum atomic E-state index is 11.1. The summed E-state index contributed by atoms with van der Waals surface area (Å²) in [4.78, 5) is 11.1. The molecule has 0 aromatic carbocycles. The van der Waals surface area contributed by atoms with Crippen LogP contribution in [0.25, 0.3) is 0 Å². The molecule has 2 unspecified atom stereocenters. The van der Waals surface area contributed by atoms with Crippen molar-refractivity contribution in [2.24, 2.45) is 45.3 Å². The molecule has 3 fully saturated rings. The zero-order chi connectivity index (χ0) is 24.4. The van der Waals surface area contributed by atoms with Crippen LogP contribution in [0.1, 0.15) is 106 Å². The van der Waals surface area contributed by atoms with Crippen LogP contribution < -0.4 is 0 Å². The zero-order valence-corrected chi connectivity index (χ0v) is 22.2. The molecule has 0 amide bonds. The van der Waals surface area contributed by atoms with Crippen LogP contribution in [0.5, 0.6) is 0 Å². The topological polar surface area (TPSA) is 57.5 Å². The summed E-state index contributed by atoms with van der Waals surface area (Å²) in [7, 11) is 0. The molecule has 8 atom stereocenters. The van der Waals surface area contributed by atoms with Gasteiger partial charge in [0.15, 0.2) is 0 Å². The molecule has 0 spiro atoms. The molecule has 0 aromatic heterocycles. The van der Waals surface area contributed by atoms with E-state index in [1.54, 1.807) is 12.5 Å². The molecule has 0 bridgehead atoms. The van der Waals surface area contributed by atoms with Gasteiger partial charge in [0.25, 0.3) is 0 Å². The lowest BCUT2D eigenvalue weighted by atomic mass is 9.41. The minimum atomic E-state index is -0.796. The molecule has 33 heavy (non-hydrogen) atoms. The quantitative estimate of drug-likeness (QED) is 0.335. The second kappa shape index (κ2) is 8.25. The van der Waals surface area contributed by atoms with Crippen LogP contribution in [-0.2, 0) is 4.79 Å². The Morgan fingerprint density at radius 1 is 1.09 bits per heavy atom. The third kappa shape index (κ3) is 3.58. The van der Waals surface area contributed by atoms with Crippen molar-refractivity contribution in [3.63, 3.8) is 0 Å². The van der Waals surface area contributed by atoms with Gasteiger partial charge < -0.3 is 10.2 Å². The van der Waals surface area contributed by atoms with E-state index in [4.69, 9.17) is 5.11 Å². The van der Waals surface area contributed by atoms with E-state index in [2.05, 4.69) is 47.6 Å². The summed E-state index contributed by atoms with van der Waals surface area (Å²) in [5.41, 5.74) is 3.11. The number of fused-ring (bicyclic) bond motifs is 5. The smallest absolute Gasteiger partial charge is 0.330 e. The van der Waals surface area contributed by atoms with Gasteiger partial charge >= 0.3 is 5.97 Å². The highest BCUT2D eigenvalue weighted by Crippen LogP contribution is 2.73. The largest absolute Gasteiger partial charge is 0.478 e. The van der Waals surface area contributed by atoms with Gasteiger partial charge in [0.1, 0.15) is 0 Å². The average molecular weight is 457 g/mol. The fourth-order valence-electron chi connectivity index (χ4n) is 9.52. The van der Waals surface area contributed by atoms with E-state index in [0.29, 0.717) is 40.1 Å². The van der Waals surface area contributed by atoms with E-state index in [9.17, 15) is 9.90 Å². The van der Waals surface area contributed by atoms with Crippen LogP contribution in [0.4, 0.5) is 0 Å². The molecule has 3 nitrogen and oxygen atoms in total. The minimum Gasteiger partial charge on any atom is -0.478 e. The molecule has 0 saturated heterocycles. The summed E-state index contributed by atoms with van der Waals surface area (Å²) in [5, 5.41) is 20.0. The minimum absolute atomic E-state index is 0.00517. The van der Waals surface area contributed by atoms with Crippen LogP contribution in [0, 0.1) is 45.3 Å². The van der Waals surface area contributed by atoms with Crippen molar-refractivity contribution in [2.45, 2.75) is 112 Å². The van der Waals surface area contributed by atoms with E-state index in [-0.39, 0.29) is 16.9 Å². The lowest BCUT2D eigenvalue weighted by Crippen LogP contribution is -2.57. The van der Waals surface area contributed by atoms with Gasteiger partial charge in [-0.1, -0.05) is 59.3 Å². The first-order valence-corrected chi connectivity index (χ1v) is 13.6. The first-order chi connectivity index (χ1) is 15.3. The van der Waals surface area contributed by atoms with E-state index in [1.807, 2.05) is 6.08 Å². The molecule has 4 rings (SSSR count). The van der Waals surface area contributed by atoms with Gasteiger partial charge in [-0.3, -0.25) is 0 Å². The lowest BCUT2D eigenvalue weighted by molar-refractivity contribution is -0.132. The van der Waals surface area contributed by atoms with Crippen molar-refractivity contribution in [3.05, 3.63) is 23.3 Å². The van der Waals surface area contributed by atoms with Crippen LogP contribution >= 0.6 is 0 Å². The van der Waals surface area contributed by atoms with Gasteiger partial charge in [0, 0.05) is 5.57 Å². The number of aliphatic hydroxyl groups is 1. The first kappa shape index (κ1) is 25.0. The normalized spacial score (nSPS) is 45.5. The summed E-state index contributed by atoms with van der Waals surface area (Å²) in [6.45, 7) is 16.5. The monoisotopic (exact) mass is 456 g/mol. The van der Waals surface area contributed by atoms with Crippen molar-refractivity contribution >= 4 is 5.97 Å². The van der Waals surface area contributed by atoms with Gasteiger partial charge in [-0.15, -0.1) is 0 Å². The Balaban J connectivity index is 1.59. The Morgan fingerprint density at radius 2 is 1.79 bits per heavy atom. The van der Waals surface area contributed by atoms with Crippen molar-refractivity contribution in [1.82, 2.24) is 0 Å². The molecule has 0 aliphatic heterocycles. The van der Waals surface area contributed by atoms with Gasteiger partial charge in [-0.05, 0) is 110 Å². The summed E-state index contributed by atoms with van der Waals surface area (Å²) in [5.74, 6) is 1.77. The molecule has 0 aromatic rings. The van der Waals surface area contributed by atoms with Crippen LogP contribution in [0.2, 0.25) is 0 Å². The number of hydrogen-bond donors (Lipinski definition) is 2. The molecule has 0 heterocycles. The standard InChI is InChI=1S/C30H48O3/c1-19(9-8-10-20(2)26(32)33)21-13-17-30(7)23-11-12-24-27(3,4)25(31)15-16-28(24,5)22(23)14-18-29(21,30)6/h10,14,19,21,23-25,31H,8-9,11-13,15-18H2,1-7H3,(H,32,33)/t19-,21-,23+,24?,25?,28-,29-,30+/m1/s1. The number of carboxylic acid groups (broad SMARTS) is 1. The predicted molar refractivity (Wildman–Crippen MR) is 135 cm³/mol. The van der Waals surface area contributed by atoms with E-state index in [0.717, 1.165) is 25.7 Å². The van der Waals surface area contributed by atoms with Gasteiger partial charge in [-0.2, -0.15) is 0 Å². The van der Waals surface area contributed by atoms with E-state index >= 15 is 0 Å². The molecule has 3 heteroatoms. The maximum absolute atomic E-state index is 11.1. The molecule has 3 saturated carbocycles. The van der Waals surface area contributed by atoms with Crippen LogP contribution in [0.3, 0.4) is 0 Å². The highest BCUT2D eigenvalue weighted by molar-refractivity contribution is 5.85. The van der Waals surface area contributed by atoms with Gasteiger partial charge in [-0.25, -0.2) is 4.79 Å². The van der Waals surface area contributed by atoms with Crippen LogP contribution in [-0.4, -0.2) is 22.3 Å². The Morgan fingerprint density at radius 3 is 2.45 bits per heavy atom. The summed E-state index contributed by atoms with van der Waals surface area (Å²) >= 11 is 0. The molecule has 4 aliphatic rings. The second-order valence-electron chi connectivity index (χ2n) is 13.6. The molecule has 2 N–H and O–H groups in total. The number of allylic oxidation sites excluding steroid dienone is 3. The maximum Gasteiger partial charge on any atom is 0.330 e. The molecule has 4 aliphatic carbocycles. The van der Waals surface area contributed by atoms with Gasteiger partial charge in [0.05, 0.1) is 6.10 Å². The SMILES string of the molecule is CC(=CCC[C@@H](C)[C@H]1CC[C@@]2(C)[C@H]3CCC4C(C)(C)C(O)CC[C@]4(C)C3=CC[C@]12C)C(=O)O. The number of aliphatic hydroxyl groups excluding tert-OH is 1. The Bertz CT molecular complexity index is 853. The van der Waals surface area contributed by atoms with Crippen molar-refractivity contribution in [1.29, 1.82) is 0 Å². The Hall–Kier alpha value is -1.09. The highest BCUT2D eigenvalue weighted by Gasteiger charge is 2.65. The number of hydrogen-bond acceptors (Lipinski definition) is 2. The summed E-state index contributed by atoms with van der Waals surface area (Å²) in [6.07, 6.45) is 14.7. The highest BCUT2D eigenvalue weighted by atomic mass is 16.4. The number of carbonyl (C=O) groups is 1. The fraction of sp³-hybridized carbons (Fsp3) is 0.833. The molecule has 186 valence electrons. The van der Waals surface area contributed by atoms with E-state index < -0.39 is 5.97 Å². The van der Waals surface area contributed by atoms with Crippen molar-refractivity contribution in [2.75, 3.05) is 0 Å². The molecular formula is C30H48O3. The predicted octanol–water partition coefficient (Wildman–Crippen LogP) is 7.40. The van der Waals surface area contributed by atoms with Gasteiger partial charge in [0.2, 0.25) is 0 Å². The molecule has 0 radical (unpaired) electrons. The summed E-state index contributed by atoms with van der Waals surface area (Å²) in [6, 6.07) is 0. The fourth-order valence-corrected chi connectivity index (χ4v) is 9.52. The van der Waals surface area contributed by atoms with Crippen molar-refractivity contribution in [3.8, 4) is 0 Å². The lowest BCUT2D eigenvalue weighted by Gasteiger charge is -2.64. The molecular weight excluding hydrogens is 408 g/mol. The Labute approximate surface area is 202 Å². The zero-order valence-electron chi connectivity index (χ0n) is 22.2. The van der Waals surface area contributed by atoms with Crippen LogP contribution in [0.15, 0.2) is 23.3 Å².